The lowest BCUT2D eigenvalue weighted by Gasteiger charge is -2.28. The number of carbonyl (C=O) groups is 2. The molecule has 1 saturated heterocycles. The molecule has 1 heterocycles. The van der Waals surface area contributed by atoms with Gasteiger partial charge in [0, 0.05) is 24.2 Å². The Balaban J connectivity index is 1.50. The van der Waals surface area contributed by atoms with Gasteiger partial charge in [0.15, 0.2) is 0 Å². The van der Waals surface area contributed by atoms with E-state index >= 15 is 0 Å². The van der Waals surface area contributed by atoms with Gasteiger partial charge in [-0.3, -0.25) is 9.59 Å². The molecular formula is C23H28FN3O2. The van der Waals surface area contributed by atoms with Gasteiger partial charge >= 0.3 is 0 Å². The van der Waals surface area contributed by atoms with E-state index in [1.54, 1.807) is 12.1 Å². The Morgan fingerprint density at radius 2 is 2.03 bits per heavy atom. The van der Waals surface area contributed by atoms with Gasteiger partial charge in [-0.05, 0) is 73.7 Å². The van der Waals surface area contributed by atoms with Gasteiger partial charge < -0.3 is 16.0 Å². The predicted molar refractivity (Wildman–Crippen MR) is 112 cm³/mol. The SMILES string of the molecule is CC(CC(=O)NCc1cccc(NC(=O)c2cccc(F)c2)c1)C1CCCNC1. The standard InChI is InChI=1S/C23H28FN3O2/c1-16(19-7-4-10-25-15-19)11-22(28)26-14-17-5-2-9-21(12-17)27-23(29)18-6-3-8-20(24)13-18/h2-3,5-6,8-9,12-13,16,19,25H,4,7,10-11,14-15H2,1H3,(H,26,28)(H,27,29). The summed E-state index contributed by atoms with van der Waals surface area (Å²) in [7, 11) is 0. The molecule has 5 nitrogen and oxygen atoms in total. The van der Waals surface area contributed by atoms with E-state index in [4.69, 9.17) is 0 Å². The average molecular weight is 397 g/mol. The second kappa shape index (κ2) is 10.2. The molecule has 0 saturated carbocycles. The van der Waals surface area contributed by atoms with Crippen molar-refractivity contribution in [2.45, 2.75) is 32.7 Å². The fourth-order valence-corrected chi connectivity index (χ4v) is 3.69. The molecule has 1 aliphatic rings. The molecule has 2 atom stereocenters. The van der Waals surface area contributed by atoms with Crippen LogP contribution in [-0.4, -0.2) is 24.9 Å². The summed E-state index contributed by atoms with van der Waals surface area (Å²) in [5.74, 6) is 0.112. The highest BCUT2D eigenvalue weighted by molar-refractivity contribution is 6.04. The van der Waals surface area contributed by atoms with E-state index in [2.05, 4.69) is 22.9 Å². The maximum Gasteiger partial charge on any atom is 0.255 e. The Bertz CT molecular complexity index is 850. The van der Waals surface area contributed by atoms with Gasteiger partial charge in [0.05, 0.1) is 0 Å². The summed E-state index contributed by atoms with van der Waals surface area (Å²) in [6.45, 7) is 4.60. The van der Waals surface area contributed by atoms with Crippen molar-refractivity contribution in [3.8, 4) is 0 Å². The summed E-state index contributed by atoms with van der Waals surface area (Å²) >= 11 is 0. The number of hydrogen-bond donors (Lipinski definition) is 3. The molecule has 0 aliphatic carbocycles. The molecule has 3 N–H and O–H groups in total. The highest BCUT2D eigenvalue weighted by atomic mass is 19.1. The number of amides is 2. The number of anilines is 1. The van der Waals surface area contributed by atoms with Crippen LogP contribution in [0.15, 0.2) is 48.5 Å². The summed E-state index contributed by atoms with van der Waals surface area (Å²) in [5.41, 5.74) is 1.75. The van der Waals surface area contributed by atoms with Crippen LogP contribution in [0.3, 0.4) is 0 Å². The third-order valence-electron chi connectivity index (χ3n) is 5.41. The zero-order valence-electron chi connectivity index (χ0n) is 16.7. The van der Waals surface area contributed by atoms with E-state index in [-0.39, 0.29) is 17.4 Å². The minimum Gasteiger partial charge on any atom is -0.352 e. The molecule has 2 aromatic carbocycles. The van der Waals surface area contributed by atoms with Gasteiger partial charge in [0.25, 0.3) is 5.91 Å². The summed E-state index contributed by atoms with van der Waals surface area (Å²) in [5, 5.41) is 9.13. The topological polar surface area (TPSA) is 70.2 Å². The molecule has 1 aliphatic heterocycles. The zero-order chi connectivity index (χ0) is 20.6. The zero-order valence-corrected chi connectivity index (χ0v) is 16.7. The van der Waals surface area contributed by atoms with Crippen molar-refractivity contribution in [2.75, 3.05) is 18.4 Å². The second-order valence-electron chi connectivity index (χ2n) is 7.73. The van der Waals surface area contributed by atoms with Gasteiger partial charge in [-0.25, -0.2) is 4.39 Å². The first-order valence-corrected chi connectivity index (χ1v) is 10.1. The first kappa shape index (κ1) is 21.0. The molecular weight excluding hydrogens is 369 g/mol. The van der Waals surface area contributed by atoms with E-state index in [9.17, 15) is 14.0 Å². The van der Waals surface area contributed by atoms with Gasteiger partial charge in [0.2, 0.25) is 5.91 Å². The summed E-state index contributed by atoms with van der Waals surface area (Å²) < 4.78 is 13.3. The summed E-state index contributed by atoms with van der Waals surface area (Å²) in [4.78, 5) is 24.6. The third kappa shape index (κ3) is 6.39. The van der Waals surface area contributed by atoms with E-state index < -0.39 is 5.82 Å². The third-order valence-corrected chi connectivity index (χ3v) is 5.41. The molecule has 154 valence electrons. The van der Waals surface area contributed by atoms with E-state index in [0.717, 1.165) is 18.7 Å². The Labute approximate surface area is 171 Å². The van der Waals surface area contributed by atoms with Crippen LogP contribution >= 0.6 is 0 Å². The molecule has 1 fully saturated rings. The van der Waals surface area contributed by atoms with Crippen LogP contribution in [0.5, 0.6) is 0 Å². The van der Waals surface area contributed by atoms with Crippen molar-refractivity contribution >= 4 is 17.5 Å². The molecule has 0 spiro atoms. The van der Waals surface area contributed by atoms with Crippen LogP contribution in [0.2, 0.25) is 0 Å². The maximum atomic E-state index is 13.3. The molecule has 2 aromatic rings. The number of halogens is 1. The summed E-state index contributed by atoms with van der Waals surface area (Å²) in [6, 6.07) is 12.8. The predicted octanol–water partition coefficient (Wildman–Crippen LogP) is 3.72. The fourth-order valence-electron chi connectivity index (χ4n) is 3.69. The lowest BCUT2D eigenvalue weighted by molar-refractivity contribution is -0.122. The van der Waals surface area contributed by atoms with Gasteiger partial charge in [-0.15, -0.1) is 0 Å². The molecule has 2 amide bonds. The highest BCUT2D eigenvalue weighted by Crippen LogP contribution is 2.22. The number of nitrogens with one attached hydrogen (secondary N) is 3. The molecule has 0 radical (unpaired) electrons. The summed E-state index contributed by atoms with van der Waals surface area (Å²) in [6.07, 6.45) is 2.86. The monoisotopic (exact) mass is 397 g/mol. The minimum absolute atomic E-state index is 0.0391. The Kier molecular flexibility index (Phi) is 7.36. The van der Waals surface area contributed by atoms with Crippen molar-refractivity contribution in [2.24, 2.45) is 11.8 Å². The number of hydrogen-bond acceptors (Lipinski definition) is 3. The van der Waals surface area contributed by atoms with Crippen LogP contribution in [0, 0.1) is 17.7 Å². The normalized spacial score (nSPS) is 17.4. The van der Waals surface area contributed by atoms with Gasteiger partial charge in [-0.2, -0.15) is 0 Å². The van der Waals surface area contributed by atoms with Crippen molar-refractivity contribution in [1.82, 2.24) is 10.6 Å². The Morgan fingerprint density at radius 3 is 2.79 bits per heavy atom. The Morgan fingerprint density at radius 1 is 1.21 bits per heavy atom. The van der Waals surface area contributed by atoms with E-state index in [1.165, 1.54) is 31.0 Å². The molecule has 0 bridgehead atoms. The lowest BCUT2D eigenvalue weighted by atomic mass is 9.85. The van der Waals surface area contributed by atoms with Crippen LogP contribution < -0.4 is 16.0 Å². The largest absolute Gasteiger partial charge is 0.352 e. The highest BCUT2D eigenvalue weighted by Gasteiger charge is 2.21. The molecule has 0 aromatic heterocycles. The average Bonchev–Trinajstić information content (AvgIpc) is 2.73. The minimum atomic E-state index is -0.452. The lowest BCUT2D eigenvalue weighted by Crippen LogP contribution is -2.35. The van der Waals surface area contributed by atoms with Gasteiger partial charge in [-0.1, -0.05) is 25.1 Å². The smallest absolute Gasteiger partial charge is 0.255 e. The van der Waals surface area contributed by atoms with Crippen LogP contribution in [-0.2, 0) is 11.3 Å². The molecule has 2 unspecified atom stereocenters. The van der Waals surface area contributed by atoms with Crippen LogP contribution in [0.4, 0.5) is 10.1 Å². The molecule has 29 heavy (non-hydrogen) atoms. The van der Waals surface area contributed by atoms with Crippen molar-refractivity contribution < 1.29 is 14.0 Å². The van der Waals surface area contributed by atoms with Gasteiger partial charge in [0.1, 0.15) is 5.82 Å². The Hall–Kier alpha value is -2.73. The second-order valence-corrected chi connectivity index (χ2v) is 7.73. The van der Waals surface area contributed by atoms with Crippen LogP contribution in [0.25, 0.3) is 0 Å². The number of benzene rings is 2. The fraction of sp³-hybridized carbons (Fsp3) is 0.391. The number of carbonyl (C=O) groups excluding carboxylic acids is 2. The van der Waals surface area contributed by atoms with Crippen LogP contribution in [0.1, 0.15) is 42.1 Å². The molecule has 6 heteroatoms. The quantitative estimate of drug-likeness (QED) is 0.667. The number of rotatable bonds is 7. The van der Waals surface area contributed by atoms with E-state index in [1.807, 2.05) is 18.2 Å². The first-order chi connectivity index (χ1) is 14.0. The van der Waals surface area contributed by atoms with Crippen molar-refractivity contribution in [1.29, 1.82) is 0 Å². The van der Waals surface area contributed by atoms with E-state index in [0.29, 0.717) is 30.5 Å². The van der Waals surface area contributed by atoms with Crippen molar-refractivity contribution in [3.63, 3.8) is 0 Å². The first-order valence-electron chi connectivity index (χ1n) is 10.1. The van der Waals surface area contributed by atoms with Crippen molar-refractivity contribution in [3.05, 3.63) is 65.5 Å². The molecule has 3 rings (SSSR count). The number of piperidine rings is 1. The maximum absolute atomic E-state index is 13.3.